The topological polar surface area (TPSA) is 78.4 Å². The third kappa shape index (κ3) is 3.19. The Bertz CT molecular complexity index is 466. The normalized spacial score (nSPS) is 10.9. The lowest BCUT2D eigenvalue weighted by Gasteiger charge is -2.21. The number of urea groups is 1. The molecule has 0 bridgehead atoms. The molecule has 18 heavy (non-hydrogen) atoms. The van der Waals surface area contributed by atoms with Crippen molar-refractivity contribution in [2.75, 3.05) is 5.32 Å². The molecule has 0 atom stereocenters. The molecule has 0 saturated heterocycles. The second-order valence-corrected chi connectivity index (χ2v) is 4.44. The number of amides is 2. The van der Waals surface area contributed by atoms with Gasteiger partial charge in [0.05, 0.1) is 5.69 Å². The van der Waals surface area contributed by atoms with E-state index in [1.165, 1.54) is 26.0 Å². The highest BCUT2D eigenvalue weighted by Gasteiger charge is 2.29. The first-order chi connectivity index (χ1) is 8.24. The molecule has 0 unspecified atom stereocenters. The third-order valence-corrected chi connectivity index (χ3v) is 2.42. The van der Waals surface area contributed by atoms with Gasteiger partial charge in [0, 0.05) is 0 Å². The van der Waals surface area contributed by atoms with Crippen LogP contribution in [0.15, 0.2) is 18.2 Å². The molecule has 0 aliphatic heterocycles. The lowest BCUT2D eigenvalue weighted by molar-refractivity contribution is -0.142. The Hall–Kier alpha value is -2.11. The van der Waals surface area contributed by atoms with Crippen LogP contribution in [-0.4, -0.2) is 22.6 Å². The van der Waals surface area contributed by atoms with Crippen LogP contribution in [0, 0.1) is 12.7 Å². The smallest absolute Gasteiger partial charge is 0.328 e. The van der Waals surface area contributed by atoms with E-state index < -0.39 is 23.4 Å². The van der Waals surface area contributed by atoms with Crippen molar-refractivity contribution in [2.45, 2.75) is 26.3 Å². The number of nitrogens with one attached hydrogen (secondary N) is 2. The summed E-state index contributed by atoms with van der Waals surface area (Å²) in [6, 6.07) is 3.61. The number of para-hydroxylation sites is 1. The van der Waals surface area contributed by atoms with Crippen LogP contribution in [0.1, 0.15) is 19.4 Å². The summed E-state index contributed by atoms with van der Waals surface area (Å²) in [6.45, 7) is 4.31. The molecular weight excluding hydrogens is 239 g/mol. The van der Waals surface area contributed by atoms with E-state index in [4.69, 9.17) is 5.11 Å². The summed E-state index contributed by atoms with van der Waals surface area (Å²) in [5.74, 6) is -1.75. The van der Waals surface area contributed by atoms with E-state index in [-0.39, 0.29) is 5.69 Å². The average Bonchev–Trinajstić information content (AvgIpc) is 2.22. The zero-order chi connectivity index (χ0) is 13.9. The highest BCUT2D eigenvalue weighted by atomic mass is 19.1. The maximum atomic E-state index is 13.4. The van der Waals surface area contributed by atoms with Gasteiger partial charge in [0.2, 0.25) is 0 Å². The van der Waals surface area contributed by atoms with Gasteiger partial charge in [0.25, 0.3) is 0 Å². The van der Waals surface area contributed by atoms with Gasteiger partial charge in [0.1, 0.15) is 11.4 Å². The van der Waals surface area contributed by atoms with E-state index in [2.05, 4.69) is 10.6 Å². The predicted molar refractivity (Wildman–Crippen MR) is 65.0 cm³/mol. The van der Waals surface area contributed by atoms with Crippen molar-refractivity contribution in [3.05, 3.63) is 29.6 Å². The van der Waals surface area contributed by atoms with Crippen molar-refractivity contribution in [3.63, 3.8) is 0 Å². The fraction of sp³-hybridized carbons (Fsp3) is 0.333. The number of hydrogen-bond acceptors (Lipinski definition) is 2. The summed E-state index contributed by atoms with van der Waals surface area (Å²) in [6.07, 6.45) is 0. The van der Waals surface area contributed by atoms with Gasteiger partial charge in [0.15, 0.2) is 0 Å². The molecule has 0 aliphatic carbocycles. The van der Waals surface area contributed by atoms with Gasteiger partial charge in [-0.2, -0.15) is 0 Å². The number of anilines is 1. The fourth-order valence-electron chi connectivity index (χ4n) is 1.27. The Kier molecular flexibility index (Phi) is 3.90. The van der Waals surface area contributed by atoms with E-state index in [0.717, 1.165) is 0 Å². The number of rotatable bonds is 3. The molecule has 1 aromatic carbocycles. The van der Waals surface area contributed by atoms with E-state index in [1.54, 1.807) is 13.0 Å². The van der Waals surface area contributed by atoms with Crippen molar-refractivity contribution >= 4 is 17.7 Å². The number of hydrogen-bond donors (Lipinski definition) is 3. The molecule has 0 spiro atoms. The first-order valence-corrected chi connectivity index (χ1v) is 5.31. The van der Waals surface area contributed by atoms with Crippen molar-refractivity contribution in [2.24, 2.45) is 0 Å². The van der Waals surface area contributed by atoms with Crippen LogP contribution in [0.2, 0.25) is 0 Å². The Balaban J connectivity index is 2.80. The zero-order valence-corrected chi connectivity index (χ0v) is 10.4. The van der Waals surface area contributed by atoms with Gasteiger partial charge in [-0.1, -0.05) is 12.1 Å². The minimum absolute atomic E-state index is 0.0381. The lowest BCUT2D eigenvalue weighted by atomic mass is 10.1. The second kappa shape index (κ2) is 5.03. The molecule has 6 heteroatoms. The Morgan fingerprint density at radius 1 is 1.33 bits per heavy atom. The minimum Gasteiger partial charge on any atom is -0.480 e. The monoisotopic (exact) mass is 254 g/mol. The van der Waals surface area contributed by atoms with Crippen LogP contribution in [0.5, 0.6) is 0 Å². The SMILES string of the molecule is Cc1cccc(F)c1NC(=O)NC(C)(C)C(=O)O. The van der Waals surface area contributed by atoms with Gasteiger partial charge in [-0.3, -0.25) is 0 Å². The Morgan fingerprint density at radius 3 is 2.44 bits per heavy atom. The summed E-state index contributed by atoms with van der Waals surface area (Å²) in [7, 11) is 0. The molecule has 0 aromatic heterocycles. The number of aliphatic carboxylic acids is 1. The maximum absolute atomic E-state index is 13.4. The molecule has 1 rings (SSSR count). The first kappa shape index (κ1) is 14.0. The van der Waals surface area contributed by atoms with Gasteiger partial charge in [-0.25, -0.2) is 14.0 Å². The van der Waals surface area contributed by atoms with Crippen LogP contribution in [0.25, 0.3) is 0 Å². The largest absolute Gasteiger partial charge is 0.480 e. The molecule has 2 amide bonds. The predicted octanol–water partition coefficient (Wildman–Crippen LogP) is 2.12. The molecule has 0 heterocycles. The number of halogens is 1. The van der Waals surface area contributed by atoms with Gasteiger partial charge in [-0.05, 0) is 32.4 Å². The fourth-order valence-corrected chi connectivity index (χ4v) is 1.27. The average molecular weight is 254 g/mol. The van der Waals surface area contributed by atoms with Crippen molar-refractivity contribution in [1.82, 2.24) is 5.32 Å². The number of carboxylic acids is 1. The summed E-state index contributed by atoms with van der Waals surface area (Å²) >= 11 is 0. The van der Waals surface area contributed by atoms with Gasteiger partial charge < -0.3 is 15.7 Å². The quantitative estimate of drug-likeness (QED) is 0.773. The maximum Gasteiger partial charge on any atom is 0.328 e. The van der Waals surface area contributed by atoms with Crippen molar-refractivity contribution in [1.29, 1.82) is 0 Å². The first-order valence-electron chi connectivity index (χ1n) is 5.31. The highest BCUT2D eigenvalue weighted by molar-refractivity contribution is 5.94. The number of carboxylic acid groups (broad SMARTS) is 1. The molecule has 0 radical (unpaired) electrons. The molecular formula is C12H15FN2O3. The van der Waals surface area contributed by atoms with E-state index in [1.807, 2.05) is 0 Å². The second-order valence-electron chi connectivity index (χ2n) is 4.44. The van der Waals surface area contributed by atoms with Gasteiger partial charge in [-0.15, -0.1) is 0 Å². The molecule has 0 saturated carbocycles. The summed E-state index contributed by atoms with van der Waals surface area (Å²) in [5.41, 5.74) is -0.835. The summed E-state index contributed by atoms with van der Waals surface area (Å²) < 4.78 is 13.4. The molecule has 5 nitrogen and oxygen atoms in total. The molecule has 0 aliphatic rings. The van der Waals surface area contributed by atoms with Gasteiger partial charge >= 0.3 is 12.0 Å². The van der Waals surface area contributed by atoms with E-state index in [9.17, 15) is 14.0 Å². The number of aryl methyl sites for hydroxylation is 1. The highest BCUT2D eigenvalue weighted by Crippen LogP contribution is 2.18. The number of carbonyl (C=O) groups excluding carboxylic acids is 1. The number of carbonyl (C=O) groups is 2. The standard InChI is InChI=1S/C12H15FN2O3/c1-7-5-4-6-8(13)9(7)14-11(18)15-12(2,3)10(16)17/h4-6H,1-3H3,(H,16,17)(H2,14,15,18). The van der Waals surface area contributed by atoms with Crippen molar-refractivity contribution in [3.8, 4) is 0 Å². The zero-order valence-electron chi connectivity index (χ0n) is 10.4. The van der Waals surface area contributed by atoms with Crippen LogP contribution in [0.3, 0.4) is 0 Å². The molecule has 1 aromatic rings. The van der Waals surface area contributed by atoms with Crippen LogP contribution >= 0.6 is 0 Å². The molecule has 0 fully saturated rings. The van der Waals surface area contributed by atoms with Crippen LogP contribution in [0.4, 0.5) is 14.9 Å². The van der Waals surface area contributed by atoms with Crippen LogP contribution < -0.4 is 10.6 Å². The number of benzene rings is 1. The summed E-state index contributed by atoms with van der Waals surface area (Å²) in [5, 5.41) is 13.4. The molecule has 98 valence electrons. The Labute approximate surface area is 104 Å². The third-order valence-electron chi connectivity index (χ3n) is 2.42. The lowest BCUT2D eigenvalue weighted by Crippen LogP contribution is -2.51. The summed E-state index contributed by atoms with van der Waals surface area (Å²) in [4.78, 5) is 22.4. The van der Waals surface area contributed by atoms with Crippen LogP contribution in [-0.2, 0) is 4.79 Å². The van der Waals surface area contributed by atoms with E-state index >= 15 is 0 Å². The molecule has 3 N–H and O–H groups in total. The minimum atomic E-state index is -1.43. The van der Waals surface area contributed by atoms with E-state index in [0.29, 0.717) is 5.56 Å². The van der Waals surface area contributed by atoms with Crippen molar-refractivity contribution < 1.29 is 19.1 Å². The Morgan fingerprint density at radius 2 is 1.94 bits per heavy atom.